The van der Waals surface area contributed by atoms with E-state index in [0.717, 1.165) is 30.4 Å². The molecule has 8 nitrogen and oxygen atoms in total. The first kappa shape index (κ1) is 21.4. The van der Waals surface area contributed by atoms with Crippen molar-refractivity contribution < 1.29 is 24.5 Å². The molecule has 1 saturated heterocycles. The fourth-order valence-corrected chi connectivity index (χ4v) is 4.72. The van der Waals surface area contributed by atoms with E-state index in [4.69, 9.17) is 9.47 Å². The molecule has 0 spiro atoms. The van der Waals surface area contributed by atoms with Crippen molar-refractivity contribution >= 4 is 5.97 Å². The molecule has 31 heavy (non-hydrogen) atoms. The average molecular weight is 428 g/mol. The number of rotatable bonds is 7. The van der Waals surface area contributed by atoms with Gasteiger partial charge in [0.15, 0.2) is 5.43 Å². The second kappa shape index (κ2) is 8.01. The van der Waals surface area contributed by atoms with Crippen LogP contribution in [0.15, 0.2) is 29.2 Å². The van der Waals surface area contributed by atoms with Crippen LogP contribution in [0.3, 0.4) is 0 Å². The van der Waals surface area contributed by atoms with E-state index in [1.807, 2.05) is 16.8 Å². The third-order valence-electron chi connectivity index (χ3n) is 6.23. The van der Waals surface area contributed by atoms with Crippen LogP contribution in [-0.2, 0) is 11.3 Å². The van der Waals surface area contributed by atoms with Crippen LogP contribution in [0, 0.1) is 0 Å². The number of carboxylic acids is 1. The number of aromatic nitrogens is 1. The van der Waals surface area contributed by atoms with Crippen molar-refractivity contribution in [1.29, 1.82) is 0 Å². The van der Waals surface area contributed by atoms with Gasteiger partial charge in [0.1, 0.15) is 11.3 Å². The molecule has 0 radical (unpaired) electrons. The van der Waals surface area contributed by atoms with E-state index in [9.17, 15) is 19.8 Å². The predicted molar refractivity (Wildman–Crippen MR) is 115 cm³/mol. The molecule has 166 valence electrons. The van der Waals surface area contributed by atoms with E-state index in [0.29, 0.717) is 30.2 Å². The number of aromatic carboxylic acids is 1. The molecule has 2 N–H and O–H groups in total. The largest absolute Gasteiger partial charge is 0.493 e. The number of carboxylic acid groups (broad SMARTS) is 1. The zero-order valence-corrected chi connectivity index (χ0v) is 18.1. The maximum atomic E-state index is 12.5. The summed E-state index contributed by atoms with van der Waals surface area (Å²) in [6.07, 6.45) is 3.96. The van der Waals surface area contributed by atoms with Gasteiger partial charge in [0.25, 0.3) is 0 Å². The van der Waals surface area contributed by atoms with Gasteiger partial charge in [-0.25, -0.2) is 4.79 Å². The number of methoxy groups -OCH3 is 1. The van der Waals surface area contributed by atoms with E-state index >= 15 is 0 Å². The second-order valence-corrected chi connectivity index (χ2v) is 8.70. The fraction of sp³-hybridized carbons (Fsp3) is 0.478. The highest BCUT2D eigenvalue weighted by Crippen LogP contribution is 2.49. The Morgan fingerprint density at radius 2 is 2.03 bits per heavy atom. The Morgan fingerprint density at radius 1 is 1.26 bits per heavy atom. The number of nitrogens with zero attached hydrogens (tertiary/aromatic N) is 2. The smallest absolute Gasteiger partial charge is 0.341 e. The summed E-state index contributed by atoms with van der Waals surface area (Å²) in [6, 6.07) is 5.21. The molecule has 2 aromatic rings. The molecule has 8 heteroatoms. The molecule has 1 atom stereocenters. The number of pyridine rings is 1. The van der Waals surface area contributed by atoms with Crippen LogP contribution in [0.2, 0.25) is 0 Å². The van der Waals surface area contributed by atoms with Crippen LogP contribution in [0.1, 0.15) is 60.6 Å². The number of benzene rings is 1. The van der Waals surface area contributed by atoms with Crippen LogP contribution >= 0.6 is 0 Å². The lowest BCUT2D eigenvalue weighted by molar-refractivity contribution is 0.0694. The molecule has 0 bridgehead atoms. The zero-order valence-electron chi connectivity index (χ0n) is 18.1. The summed E-state index contributed by atoms with van der Waals surface area (Å²) in [6.45, 7) is 5.09. The van der Waals surface area contributed by atoms with Crippen LogP contribution in [0.5, 0.6) is 5.75 Å². The molecule has 2 aliphatic rings. The van der Waals surface area contributed by atoms with E-state index in [1.54, 1.807) is 7.11 Å². The van der Waals surface area contributed by atoms with Crippen molar-refractivity contribution in [2.75, 3.05) is 25.3 Å². The zero-order chi connectivity index (χ0) is 22.3. The van der Waals surface area contributed by atoms with Crippen molar-refractivity contribution in [3.8, 4) is 17.0 Å². The molecule has 1 aromatic carbocycles. The van der Waals surface area contributed by atoms with E-state index in [2.05, 4.69) is 18.9 Å². The Balaban J connectivity index is 1.88. The normalized spacial score (nSPS) is 18.3. The third-order valence-corrected chi connectivity index (χ3v) is 6.23. The van der Waals surface area contributed by atoms with Gasteiger partial charge in [-0.15, -0.1) is 0 Å². The van der Waals surface area contributed by atoms with Crippen molar-refractivity contribution in [3.05, 3.63) is 51.3 Å². The summed E-state index contributed by atoms with van der Waals surface area (Å²) in [7, 11) is 1.64. The number of aliphatic hydroxyl groups excluding tert-OH is 1. The molecule has 0 aliphatic carbocycles. The summed E-state index contributed by atoms with van der Waals surface area (Å²) < 4.78 is 12.8. The molecule has 0 saturated carbocycles. The molecule has 1 aromatic heterocycles. The summed E-state index contributed by atoms with van der Waals surface area (Å²) in [5.74, 6) is -0.615. The molecule has 1 fully saturated rings. The summed E-state index contributed by atoms with van der Waals surface area (Å²) in [4.78, 5) is 24.1. The molecule has 0 unspecified atom stereocenters. The Bertz CT molecular complexity index is 1070. The first-order chi connectivity index (χ1) is 14.8. The highest BCUT2D eigenvalue weighted by Gasteiger charge is 2.45. The number of carbonyl (C=O) groups is 1. The fourth-order valence-electron chi connectivity index (χ4n) is 4.72. The van der Waals surface area contributed by atoms with Gasteiger partial charge in [-0.1, -0.05) is 0 Å². The molecule has 0 amide bonds. The maximum absolute atomic E-state index is 12.5. The Hall–Kier alpha value is -2.84. The quantitative estimate of drug-likeness (QED) is 0.654. The molecular formula is C23H28N2O6. The van der Waals surface area contributed by atoms with Crippen molar-refractivity contribution in [3.63, 3.8) is 0 Å². The minimum atomic E-state index is -1.24. The van der Waals surface area contributed by atoms with Crippen molar-refractivity contribution in [1.82, 2.24) is 4.68 Å². The van der Waals surface area contributed by atoms with Crippen LogP contribution < -0.4 is 15.2 Å². The third kappa shape index (κ3) is 3.59. The standard InChI is InChI=1S/C23H28N2O6/c1-23(2)6-5-18-16-10-21(31-8-4-7-30-3)14(13-26)9-15(16)19-11-20(27)17(22(28)29)12-24(19)25(18)23/h9-12,18,26H,4-8,13H2,1-3H3,(H,28,29)/t18-/m1/s1. The molecule has 4 rings (SSSR count). The van der Waals surface area contributed by atoms with Gasteiger partial charge in [0.2, 0.25) is 0 Å². The van der Waals surface area contributed by atoms with Crippen molar-refractivity contribution in [2.45, 2.75) is 51.3 Å². The molecular weight excluding hydrogens is 400 g/mol. The Morgan fingerprint density at radius 3 is 2.71 bits per heavy atom. The van der Waals surface area contributed by atoms with Crippen LogP contribution in [0.25, 0.3) is 11.3 Å². The van der Waals surface area contributed by atoms with Gasteiger partial charge in [0, 0.05) is 43.5 Å². The van der Waals surface area contributed by atoms with Crippen LogP contribution in [0.4, 0.5) is 0 Å². The monoisotopic (exact) mass is 428 g/mol. The summed E-state index contributed by atoms with van der Waals surface area (Å²) in [5, 5.41) is 21.6. The number of fused-ring (bicyclic) bond motifs is 6. The minimum absolute atomic E-state index is 0.00992. The lowest BCUT2D eigenvalue weighted by atomic mass is 9.92. The van der Waals surface area contributed by atoms with E-state index in [-0.39, 0.29) is 23.8 Å². The number of hydrogen-bond donors (Lipinski definition) is 2. The summed E-state index contributed by atoms with van der Waals surface area (Å²) >= 11 is 0. The van der Waals surface area contributed by atoms with Gasteiger partial charge in [-0.05, 0) is 44.4 Å². The first-order valence-corrected chi connectivity index (χ1v) is 10.5. The lowest BCUT2D eigenvalue weighted by Crippen LogP contribution is -2.50. The highest BCUT2D eigenvalue weighted by molar-refractivity contribution is 5.88. The lowest BCUT2D eigenvalue weighted by Gasteiger charge is -2.44. The number of hydrogen-bond acceptors (Lipinski definition) is 6. The van der Waals surface area contributed by atoms with Gasteiger partial charge in [-0.2, -0.15) is 0 Å². The van der Waals surface area contributed by atoms with Gasteiger partial charge in [0.05, 0.1) is 30.5 Å². The average Bonchev–Trinajstić information content (AvgIpc) is 3.05. The van der Waals surface area contributed by atoms with E-state index in [1.165, 1.54) is 12.3 Å². The summed E-state index contributed by atoms with van der Waals surface area (Å²) in [5.41, 5.74) is 2.07. The van der Waals surface area contributed by atoms with Crippen molar-refractivity contribution in [2.24, 2.45) is 0 Å². The van der Waals surface area contributed by atoms with Gasteiger partial charge in [-0.3, -0.25) is 14.5 Å². The van der Waals surface area contributed by atoms with Crippen LogP contribution in [-0.4, -0.2) is 46.7 Å². The second-order valence-electron chi connectivity index (χ2n) is 8.70. The Labute approximate surface area is 180 Å². The Kier molecular flexibility index (Phi) is 5.53. The first-order valence-electron chi connectivity index (χ1n) is 10.5. The molecule has 3 heterocycles. The van der Waals surface area contributed by atoms with E-state index < -0.39 is 11.4 Å². The number of ether oxygens (including phenoxy) is 2. The SMILES string of the molecule is COCCCOc1cc2c(cc1CO)-c1cc(=O)c(C(=O)O)cn1N1[C@@H]2CCC1(C)C. The number of aliphatic hydroxyl groups is 1. The van der Waals surface area contributed by atoms with Gasteiger partial charge >= 0.3 is 5.97 Å². The van der Waals surface area contributed by atoms with Gasteiger partial charge < -0.3 is 19.7 Å². The topological polar surface area (TPSA) is 101 Å². The maximum Gasteiger partial charge on any atom is 0.341 e. The minimum Gasteiger partial charge on any atom is -0.493 e. The predicted octanol–water partition coefficient (Wildman–Crippen LogP) is 2.69. The molecule has 2 aliphatic heterocycles. The highest BCUT2D eigenvalue weighted by atomic mass is 16.5.